The second kappa shape index (κ2) is 5.93. The van der Waals surface area contributed by atoms with E-state index in [9.17, 15) is 4.79 Å². The van der Waals surface area contributed by atoms with Crippen LogP contribution in [0.15, 0.2) is 0 Å². The minimum absolute atomic E-state index is 0.432. The number of amides is 1. The van der Waals surface area contributed by atoms with E-state index in [0.29, 0.717) is 17.6 Å². The summed E-state index contributed by atoms with van der Waals surface area (Å²) in [7, 11) is 1.87. The molecule has 3 N–H and O–H groups in total. The summed E-state index contributed by atoms with van der Waals surface area (Å²) in [5.74, 6) is 0.200. The SMILES string of the molecule is Cc1nc(NC2CCCC2)nc2c1c(C)c(C(N)=O)c1c(C)nn(C)c12. The Hall–Kier alpha value is -2.70. The van der Waals surface area contributed by atoms with Crippen molar-refractivity contribution in [2.24, 2.45) is 12.8 Å². The van der Waals surface area contributed by atoms with Crippen LogP contribution in [0, 0.1) is 20.8 Å². The lowest BCUT2D eigenvalue weighted by Gasteiger charge is -2.16. The molecular formula is C19H24N6O. The average molecular weight is 352 g/mol. The molecule has 0 saturated heterocycles. The fourth-order valence-corrected chi connectivity index (χ4v) is 4.36. The number of anilines is 1. The molecule has 2 aromatic heterocycles. The van der Waals surface area contributed by atoms with Gasteiger partial charge in [-0.3, -0.25) is 9.48 Å². The van der Waals surface area contributed by atoms with E-state index < -0.39 is 5.91 Å². The van der Waals surface area contributed by atoms with E-state index in [1.807, 2.05) is 27.8 Å². The molecule has 4 rings (SSSR count). The first kappa shape index (κ1) is 16.8. The Morgan fingerprint density at radius 3 is 2.46 bits per heavy atom. The predicted molar refractivity (Wildman–Crippen MR) is 102 cm³/mol. The van der Waals surface area contributed by atoms with Gasteiger partial charge in [-0.05, 0) is 39.2 Å². The first-order chi connectivity index (χ1) is 12.4. The first-order valence-corrected chi connectivity index (χ1v) is 9.09. The number of aryl methyl sites for hydroxylation is 4. The van der Waals surface area contributed by atoms with Crippen LogP contribution in [0.5, 0.6) is 0 Å². The number of nitrogens with one attached hydrogen (secondary N) is 1. The van der Waals surface area contributed by atoms with Crippen LogP contribution >= 0.6 is 0 Å². The van der Waals surface area contributed by atoms with Crippen molar-refractivity contribution < 1.29 is 4.79 Å². The average Bonchev–Trinajstić information content (AvgIpc) is 3.15. The quantitative estimate of drug-likeness (QED) is 0.755. The van der Waals surface area contributed by atoms with E-state index in [1.165, 1.54) is 12.8 Å². The summed E-state index contributed by atoms with van der Waals surface area (Å²) in [5, 5.41) is 9.66. The van der Waals surface area contributed by atoms with Gasteiger partial charge in [0.25, 0.3) is 0 Å². The predicted octanol–water partition coefficient (Wildman–Crippen LogP) is 2.90. The van der Waals surface area contributed by atoms with Crippen molar-refractivity contribution in [1.82, 2.24) is 19.7 Å². The van der Waals surface area contributed by atoms with Gasteiger partial charge in [-0.1, -0.05) is 12.8 Å². The molecule has 2 heterocycles. The Labute approximate surface area is 152 Å². The van der Waals surface area contributed by atoms with Gasteiger partial charge in [-0.25, -0.2) is 9.97 Å². The standard InChI is InChI=1S/C19H24N6O/c1-9-13-10(2)21-19(22-12-7-5-6-8-12)23-16(13)17-15(14(9)18(20)26)11(3)24-25(17)4/h12H,5-8H2,1-4H3,(H2,20,26)(H,21,22,23). The molecule has 0 unspecified atom stereocenters. The lowest BCUT2D eigenvalue weighted by Crippen LogP contribution is -2.18. The summed E-state index contributed by atoms with van der Waals surface area (Å²) in [6.45, 7) is 5.76. The van der Waals surface area contributed by atoms with Crippen LogP contribution in [0.4, 0.5) is 5.95 Å². The molecular weight excluding hydrogens is 328 g/mol. The molecule has 0 bridgehead atoms. The van der Waals surface area contributed by atoms with E-state index in [4.69, 9.17) is 10.7 Å². The molecule has 26 heavy (non-hydrogen) atoms. The van der Waals surface area contributed by atoms with Gasteiger partial charge in [0.15, 0.2) is 0 Å². The van der Waals surface area contributed by atoms with Gasteiger partial charge in [0.1, 0.15) is 5.52 Å². The van der Waals surface area contributed by atoms with Gasteiger partial charge >= 0.3 is 0 Å². The smallest absolute Gasteiger partial charge is 0.249 e. The van der Waals surface area contributed by atoms with Gasteiger partial charge in [0, 0.05) is 23.9 Å². The zero-order valence-electron chi connectivity index (χ0n) is 15.7. The molecule has 7 nitrogen and oxygen atoms in total. The highest BCUT2D eigenvalue weighted by atomic mass is 16.1. The summed E-state index contributed by atoms with van der Waals surface area (Å²) < 4.78 is 1.78. The van der Waals surface area contributed by atoms with Crippen molar-refractivity contribution in [2.75, 3.05) is 5.32 Å². The van der Waals surface area contributed by atoms with Gasteiger partial charge in [0.05, 0.1) is 22.5 Å². The third-order valence-corrected chi connectivity index (χ3v) is 5.47. The summed E-state index contributed by atoms with van der Waals surface area (Å²) in [4.78, 5) is 21.7. The van der Waals surface area contributed by atoms with E-state index >= 15 is 0 Å². The van der Waals surface area contributed by atoms with Gasteiger partial charge < -0.3 is 11.1 Å². The Kier molecular flexibility index (Phi) is 3.82. The van der Waals surface area contributed by atoms with Crippen LogP contribution in [0.2, 0.25) is 0 Å². The van der Waals surface area contributed by atoms with Gasteiger partial charge in [0.2, 0.25) is 11.9 Å². The molecule has 7 heteroatoms. The number of benzene rings is 1. The number of nitrogens with zero attached hydrogens (tertiary/aromatic N) is 4. The van der Waals surface area contributed by atoms with Crippen molar-refractivity contribution >= 4 is 33.7 Å². The topological polar surface area (TPSA) is 98.7 Å². The molecule has 0 atom stereocenters. The monoisotopic (exact) mass is 352 g/mol. The zero-order chi connectivity index (χ0) is 18.6. The number of carbonyl (C=O) groups is 1. The Morgan fingerprint density at radius 2 is 1.81 bits per heavy atom. The van der Waals surface area contributed by atoms with Gasteiger partial charge in [-0.2, -0.15) is 5.10 Å². The van der Waals surface area contributed by atoms with Crippen molar-refractivity contribution in [3.63, 3.8) is 0 Å². The Bertz CT molecular complexity index is 1050. The molecule has 1 aliphatic rings. The first-order valence-electron chi connectivity index (χ1n) is 9.09. The Balaban J connectivity index is 2.05. The molecule has 136 valence electrons. The molecule has 0 radical (unpaired) electrons. The van der Waals surface area contributed by atoms with Crippen molar-refractivity contribution in [2.45, 2.75) is 52.5 Å². The fourth-order valence-electron chi connectivity index (χ4n) is 4.36. The van der Waals surface area contributed by atoms with Crippen LogP contribution in [-0.2, 0) is 7.05 Å². The highest BCUT2D eigenvalue weighted by Gasteiger charge is 2.24. The van der Waals surface area contributed by atoms with Crippen LogP contribution in [0.25, 0.3) is 21.8 Å². The maximum absolute atomic E-state index is 12.2. The minimum atomic E-state index is -0.446. The zero-order valence-corrected chi connectivity index (χ0v) is 15.7. The minimum Gasteiger partial charge on any atom is -0.366 e. The maximum Gasteiger partial charge on any atom is 0.249 e. The normalized spacial score (nSPS) is 15.2. The summed E-state index contributed by atoms with van der Waals surface area (Å²) in [6.07, 6.45) is 4.80. The van der Waals surface area contributed by atoms with Crippen molar-refractivity contribution in [3.05, 3.63) is 22.5 Å². The molecule has 3 aromatic rings. The van der Waals surface area contributed by atoms with E-state index in [1.54, 1.807) is 4.68 Å². The van der Waals surface area contributed by atoms with Gasteiger partial charge in [-0.15, -0.1) is 0 Å². The van der Waals surface area contributed by atoms with Crippen molar-refractivity contribution in [1.29, 1.82) is 0 Å². The van der Waals surface area contributed by atoms with Crippen molar-refractivity contribution in [3.8, 4) is 0 Å². The maximum atomic E-state index is 12.2. The second-order valence-corrected chi connectivity index (χ2v) is 7.28. The molecule has 0 spiro atoms. The number of fused-ring (bicyclic) bond motifs is 3. The lowest BCUT2D eigenvalue weighted by molar-refractivity contribution is 0.100. The lowest BCUT2D eigenvalue weighted by atomic mass is 9.96. The van der Waals surface area contributed by atoms with Crippen LogP contribution in [0.1, 0.15) is 53.0 Å². The van der Waals surface area contributed by atoms with E-state index in [2.05, 4.69) is 15.4 Å². The number of primary amides is 1. The number of hydrogen-bond acceptors (Lipinski definition) is 5. The molecule has 1 saturated carbocycles. The number of nitrogens with two attached hydrogens (primary N) is 1. The highest BCUT2D eigenvalue weighted by Crippen LogP contribution is 2.35. The summed E-state index contributed by atoms with van der Waals surface area (Å²) in [5.41, 5.74) is 10.3. The largest absolute Gasteiger partial charge is 0.366 e. The Morgan fingerprint density at radius 1 is 1.12 bits per heavy atom. The van der Waals surface area contributed by atoms with Crippen LogP contribution < -0.4 is 11.1 Å². The second-order valence-electron chi connectivity index (χ2n) is 7.28. The molecule has 1 aliphatic carbocycles. The number of rotatable bonds is 3. The number of carbonyl (C=O) groups excluding carboxylic acids is 1. The summed E-state index contributed by atoms with van der Waals surface area (Å²) in [6, 6.07) is 0.432. The molecule has 1 amide bonds. The van der Waals surface area contributed by atoms with E-state index in [0.717, 1.165) is 51.6 Å². The molecule has 0 aliphatic heterocycles. The van der Waals surface area contributed by atoms with Crippen LogP contribution in [0.3, 0.4) is 0 Å². The highest BCUT2D eigenvalue weighted by molar-refractivity contribution is 6.17. The third-order valence-electron chi connectivity index (χ3n) is 5.47. The molecule has 1 fully saturated rings. The molecule has 1 aromatic carbocycles. The number of hydrogen-bond donors (Lipinski definition) is 2. The summed E-state index contributed by atoms with van der Waals surface area (Å²) >= 11 is 0. The van der Waals surface area contributed by atoms with Crippen LogP contribution in [-0.4, -0.2) is 31.7 Å². The third kappa shape index (κ3) is 2.41. The fraction of sp³-hybridized carbons (Fsp3) is 0.474. The number of aromatic nitrogens is 4. The van der Waals surface area contributed by atoms with E-state index in [-0.39, 0.29) is 0 Å².